The maximum atomic E-state index is 6.20. The van der Waals surface area contributed by atoms with E-state index < -0.39 is 0 Å². The number of likely N-dealkylation sites (N-methyl/N-ethyl adjacent to an activating group) is 1. The van der Waals surface area contributed by atoms with Gasteiger partial charge in [0.1, 0.15) is 0 Å². The molecule has 0 saturated carbocycles. The second kappa shape index (κ2) is 6.02. The van der Waals surface area contributed by atoms with Gasteiger partial charge in [-0.05, 0) is 25.5 Å². The molecule has 1 aromatic carbocycles. The molecule has 0 saturated heterocycles. The van der Waals surface area contributed by atoms with Crippen LogP contribution in [0, 0.1) is 0 Å². The van der Waals surface area contributed by atoms with E-state index >= 15 is 0 Å². The highest BCUT2D eigenvalue weighted by molar-refractivity contribution is 5.14. The van der Waals surface area contributed by atoms with Crippen molar-refractivity contribution in [2.45, 2.75) is 39.3 Å². The van der Waals surface area contributed by atoms with Crippen molar-refractivity contribution in [3.63, 3.8) is 0 Å². The summed E-state index contributed by atoms with van der Waals surface area (Å²) in [5.74, 6) is 0. The van der Waals surface area contributed by atoms with Gasteiger partial charge < -0.3 is 5.73 Å². The first kappa shape index (κ1) is 13.2. The molecule has 0 aliphatic carbocycles. The van der Waals surface area contributed by atoms with Crippen LogP contribution in [0.5, 0.6) is 0 Å². The van der Waals surface area contributed by atoms with Gasteiger partial charge >= 0.3 is 0 Å². The van der Waals surface area contributed by atoms with Crippen LogP contribution in [0.2, 0.25) is 0 Å². The highest BCUT2D eigenvalue weighted by Crippen LogP contribution is 2.11. The molecule has 1 rings (SSSR count). The van der Waals surface area contributed by atoms with E-state index in [4.69, 9.17) is 5.73 Å². The molecule has 0 fully saturated rings. The zero-order valence-corrected chi connectivity index (χ0v) is 10.7. The zero-order chi connectivity index (χ0) is 12.0. The van der Waals surface area contributed by atoms with Crippen molar-refractivity contribution in [2.24, 2.45) is 5.73 Å². The van der Waals surface area contributed by atoms with Crippen LogP contribution in [-0.4, -0.2) is 23.5 Å². The zero-order valence-electron chi connectivity index (χ0n) is 10.7. The summed E-state index contributed by atoms with van der Waals surface area (Å²) >= 11 is 0. The Bertz CT molecular complexity index is 293. The van der Waals surface area contributed by atoms with Gasteiger partial charge in [-0.2, -0.15) is 0 Å². The van der Waals surface area contributed by atoms with Crippen molar-refractivity contribution >= 4 is 0 Å². The highest BCUT2D eigenvalue weighted by Gasteiger charge is 2.19. The summed E-state index contributed by atoms with van der Waals surface area (Å²) in [7, 11) is 0. The Morgan fingerprint density at radius 1 is 1.19 bits per heavy atom. The van der Waals surface area contributed by atoms with Gasteiger partial charge in [-0.1, -0.05) is 44.2 Å². The molecule has 2 nitrogen and oxygen atoms in total. The third-order valence-electron chi connectivity index (χ3n) is 3.09. The van der Waals surface area contributed by atoms with Crippen LogP contribution in [0.4, 0.5) is 0 Å². The van der Waals surface area contributed by atoms with E-state index in [0.29, 0.717) is 0 Å². The smallest absolute Gasteiger partial charge is 0.0252 e. The monoisotopic (exact) mass is 220 g/mol. The quantitative estimate of drug-likeness (QED) is 0.798. The van der Waals surface area contributed by atoms with Gasteiger partial charge in [0.25, 0.3) is 0 Å². The van der Waals surface area contributed by atoms with E-state index in [1.807, 2.05) is 0 Å². The van der Waals surface area contributed by atoms with Crippen LogP contribution in [0.1, 0.15) is 32.8 Å². The lowest BCUT2D eigenvalue weighted by molar-refractivity contribution is 0.215. The minimum absolute atomic E-state index is 0.0786. The fourth-order valence-corrected chi connectivity index (χ4v) is 1.74. The largest absolute Gasteiger partial charge is 0.324 e. The second-order valence-corrected chi connectivity index (χ2v) is 4.80. The predicted octanol–water partition coefficient (Wildman–Crippen LogP) is 2.64. The third-order valence-corrected chi connectivity index (χ3v) is 3.09. The average molecular weight is 220 g/mol. The summed E-state index contributed by atoms with van der Waals surface area (Å²) in [5, 5.41) is 0. The van der Waals surface area contributed by atoms with Crippen molar-refractivity contribution in [1.29, 1.82) is 0 Å². The summed E-state index contributed by atoms with van der Waals surface area (Å²) in [5.41, 5.74) is 7.48. The van der Waals surface area contributed by atoms with Gasteiger partial charge in [0.2, 0.25) is 0 Å². The van der Waals surface area contributed by atoms with Crippen LogP contribution < -0.4 is 5.73 Å². The summed E-state index contributed by atoms with van der Waals surface area (Å²) in [6.07, 6.45) is 1.01. The standard InChI is InChI=1S/C14H24N2/c1-4-14(3,15)12-16(5-2)11-13-9-7-6-8-10-13/h6-10H,4-5,11-12,15H2,1-3H3. The first-order valence-corrected chi connectivity index (χ1v) is 6.12. The van der Waals surface area contributed by atoms with Gasteiger partial charge in [-0.25, -0.2) is 0 Å². The topological polar surface area (TPSA) is 29.3 Å². The van der Waals surface area contributed by atoms with Crippen LogP contribution in [0.25, 0.3) is 0 Å². The lowest BCUT2D eigenvalue weighted by atomic mass is 9.99. The molecule has 1 unspecified atom stereocenters. The van der Waals surface area contributed by atoms with Gasteiger partial charge in [-0.15, -0.1) is 0 Å². The van der Waals surface area contributed by atoms with E-state index in [1.165, 1.54) is 5.56 Å². The Morgan fingerprint density at radius 2 is 1.81 bits per heavy atom. The Hall–Kier alpha value is -0.860. The van der Waals surface area contributed by atoms with Crippen molar-refractivity contribution in [3.05, 3.63) is 35.9 Å². The molecule has 90 valence electrons. The maximum absolute atomic E-state index is 6.20. The lowest BCUT2D eigenvalue weighted by Gasteiger charge is -2.31. The molecule has 0 heterocycles. The molecule has 2 N–H and O–H groups in total. The first-order chi connectivity index (χ1) is 7.57. The SMILES string of the molecule is CCN(Cc1ccccc1)CC(C)(N)CC. The van der Waals surface area contributed by atoms with Crippen LogP contribution in [0.3, 0.4) is 0 Å². The Labute approximate surface area is 99.5 Å². The van der Waals surface area contributed by atoms with E-state index in [-0.39, 0.29) is 5.54 Å². The molecular weight excluding hydrogens is 196 g/mol. The third kappa shape index (κ3) is 4.33. The van der Waals surface area contributed by atoms with E-state index in [0.717, 1.165) is 26.1 Å². The van der Waals surface area contributed by atoms with Crippen molar-refractivity contribution in [3.8, 4) is 0 Å². The average Bonchev–Trinajstić information content (AvgIpc) is 2.29. The molecule has 0 aromatic heterocycles. The highest BCUT2D eigenvalue weighted by atomic mass is 15.1. The van der Waals surface area contributed by atoms with Crippen LogP contribution >= 0.6 is 0 Å². The minimum Gasteiger partial charge on any atom is -0.324 e. The predicted molar refractivity (Wildman–Crippen MR) is 70.3 cm³/mol. The van der Waals surface area contributed by atoms with Gasteiger partial charge in [0.05, 0.1) is 0 Å². The lowest BCUT2D eigenvalue weighted by Crippen LogP contribution is -2.47. The number of benzene rings is 1. The summed E-state index contributed by atoms with van der Waals surface area (Å²) in [6, 6.07) is 10.6. The molecule has 0 amide bonds. The van der Waals surface area contributed by atoms with E-state index in [9.17, 15) is 0 Å². The normalized spacial score (nSPS) is 15.1. The van der Waals surface area contributed by atoms with Gasteiger partial charge in [0, 0.05) is 18.6 Å². The number of hydrogen-bond donors (Lipinski definition) is 1. The van der Waals surface area contributed by atoms with E-state index in [2.05, 4.69) is 56.0 Å². The Kier molecular flexibility index (Phi) is 4.97. The summed E-state index contributed by atoms with van der Waals surface area (Å²) < 4.78 is 0. The van der Waals surface area contributed by atoms with Crippen LogP contribution in [-0.2, 0) is 6.54 Å². The number of nitrogens with zero attached hydrogens (tertiary/aromatic N) is 1. The van der Waals surface area contributed by atoms with Gasteiger partial charge in [-0.3, -0.25) is 4.90 Å². The van der Waals surface area contributed by atoms with Gasteiger partial charge in [0.15, 0.2) is 0 Å². The Morgan fingerprint density at radius 3 is 2.31 bits per heavy atom. The summed E-state index contributed by atoms with van der Waals surface area (Å²) in [4.78, 5) is 2.40. The van der Waals surface area contributed by atoms with Crippen molar-refractivity contribution in [2.75, 3.05) is 13.1 Å². The first-order valence-electron chi connectivity index (χ1n) is 6.12. The fraction of sp³-hybridized carbons (Fsp3) is 0.571. The number of nitrogens with two attached hydrogens (primary N) is 1. The van der Waals surface area contributed by atoms with Crippen molar-refractivity contribution in [1.82, 2.24) is 4.90 Å². The van der Waals surface area contributed by atoms with E-state index in [1.54, 1.807) is 0 Å². The molecule has 0 radical (unpaired) electrons. The Balaban J connectivity index is 2.56. The van der Waals surface area contributed by atoms with Crippen LogP contribution in [0.15, 0.2) is 30.3 Å². The molecule has 0 aliphatic heterocycles. The molecule has 0 aliphatic rings. The molecule has 0 spiro atoms. The summed E-state index contributed by atoms with van der Waals surface area (Å²) in [6.45, 7) is 9.45. The molecule has 2 heteroatoms. The molecule has 1 atom stereocenters. The molecule has 0 bridgehead atoms. The second-order valence-electron chi connectivity index (χ2n) is 4.80. The molecule has 16 heavy (non-hydrogen) atoms. The number of hydrogen-bond acceptors (Lipinski definition) is 2. The minimum atomic E-state index is -0.0786. The van der Waals surface area contributed by atoms with Crippen molar-refractivity contribution < 1.29 is 0 Å². The maximum Gasteiger partial charge on any atom is 0.0252 e. The number of rotatable bonds is 6. The molecule has 1 aromatic rings. The molecular formula is C14H24N2. The fourth-order valence-electron chi connectivity index (χ4n) is 1.74.